The zero-order valence-electron chi connectivity index (χ0n) is 12.3. The van der Waals surface area contributed by atoms with Crippen LogP contribution >= 0.6 is 11.8 Å². The van der Waals surface area contributed by atoms with Crippen LogP contribution in [0.2, 0.25) is 0 Å². The smallest absolute Gasteiger partial charge is 0.349 e. The molecular weight excluding hydrogens is 313 g/mol. The third-order valence-corrected chi connectivity index (χ3v) is 4.89. The van der Waals surface area contributed by atoms with Gasteiger partial charge in [0.05, 0.1) is 11.3 Å². The molecule has 1 aromatic rings. The number of aromatic nitrogens is 1. The molecule has 22 heavy (non-hydrogen) atoms. The molecule has 2 rings (SSSR count). The number of rotatable bonds is 4. The second kappa shape index (κ2) is 7.35. The summed E-state index contributed by atoms with van der Waals surface area (Å²) < 4.78 is 37.0. The molecule has 3 nitrogen and oxygen atoms in total. The Kier molecular flexibility index (Phi) is 5.72. The summed E-state index contributed by atoms with van der Waals surface area (Å²) in [5.74, 6) is -0.999. The van der Waals surface area contributed by atoms with Crippen molar-refractivity contribution in [1.82, 2.24) is 10.3 Å². The third-order valence-electron chi connectivity index (χ3n) is 3.82. The Balaban J connectivity index is 2.05. The molecule has 1 N–H and O–H groups in total. The van der Waals surface area contributed by atoms with Gasteiger partial charge in [0.25, 0.3) is 5.91 Å². The quantitative estimate of drug-likeness (QED) is 0.846. The number of nitrogens with one attached hydrogen (secondary N) is 1. The first-order valence-electron chi connectivity index (χ1n) is 7.32. The molecule has 1 aliphatic carbocycles. The van der Waals surface area contributed by atoms with E-state index in [0.717, 1.165) is 25.7 Å². The molecule has 0 aliphatic heterocycles. The van der Waals surface area contributed by atoms with Gasteiger partial charge in [-0.15, -0.1) is 0 Å². The topological polar surface area (TPSA) is 42.0 Å². The van der Waals surface area contributed by atoms with Crippen molar-refractivity contribution in [2.45, 2.75) is 49.9 Å². The molecule has 0 saturated heterocycles. The average Bonchev–Trinajstić information content (AvgIpc) is 2.47. The summed E-state index contributed by atoms with van der Waals surface area (Å²) in [6.07, 6.45) is 1.32. The highest BCUT2D eigenvalue weighted by molar-refractivity contribution is 7.99. The molecule has 122 valence electrons. The van der Waals surface area contributed by atoms with E-state index in [1.165, 1.54) is 12.3 Å². The molecule has 1 aliphatic rings. The summed E-state index contributed by atoms with van der Waals surface area (Å²) in [4.78, 5) is 16.3. The molecule has 0 aromatic carbocycles. The second-order valence-corrected chi connectivity index (χ2v) is 6.57. The van der Waals surface area contributed by atoms with Gasteiger partial charge < -0.3 is 5.32 Å². The first-order chi connectivity index (χ1) is 10.4. The van der Waals surface area contributed by atoms with E-state index in [-0.39, 0.29) is 22.5 Å². The molecule has 0 unspecified atom stereocenters. The van der Waals surface area contributed by atoms with Crippen molar-refractivity contribution < 1.29 is 18.0 Å². The van der Waals surface area contributed by atoms with Gasteiger partial charge in [0.15, 0.2) is 0 Å². The Hall–Kier alpha value is -1.24. The van der Waals surface area contributed by atoms with Crippen molar-refractivity contribution in [1.29, 1.82) is 0 Å². The average molecular weight is 332 g/mol. The van der Waals surface area contributed by atoms with Gasteiger partial charge in [-0.25, -0.2) is 4.98 Å². The van der Waals surface area contributed by atoms with Gasteiger partial charge in [-0.2, -0.15) is 13.2 Å². The van der Waals surface area contributed by atoms with E-state index >= 15 is 0 Å². The van der Waals surface area contributed by atoms with Crippen LogP contribution in [0, 0.1) is 5.92 Å². The van der Waals surface area contributed by atoms with Gasteiger partial charge in [-0.1, -0.05) is 31.5 Å². The minimum Gasteiger partial charge on any atom is -0.349 e. The number of alkyl halides is 3. The fourth-order valence-corrected chi connectivity index (χ4v) is 3.36. The molecular formula is C15H19F3N2OS. The summed E-state index contributed by atoms with van der Waals surface area (Å²) in [6.45, 7) is 2.09. The maximum absolute atomic E-state index is 12.4. The van der Waals surface area contributed by atoms with E-state index in [4.69, 9.17) is 0 Å². The molecule has 1 fully saturated rings. The first kappa shape index (κ1) is 17.1. The minimum absolute atomic E-state index is 0.0851. The van der Waals surface area contributed by atoms with Crippen molar-refractivity contribution >= 4 is 17.7 Å². The highest BCUT2D eigenvalue weighted by Crippen LogP contribution is 2.29. The molecule has 1 heterocycles. The normalized spacial score (nSPS) is 22.4. The summed E-state index contributed by atoms with van der Waals surface area (Å²) >= 11 is 0.548. The number of hydrogen-bond acceptors (Lipinski definition) is 3. The Labute approximate surface area is 132 Å². The van der Waals surface area contributed by atoms with E-state index < -0.39 is 11.9 Å². The molecule has 0 spiro atoms. The fourth-order valence-electron chi connectivity index (χ4n) is 2.61. The van der Waals surface area contributed by atoms with Crippen LogP contribution in [0.5, 0.6) is 0 Å². The van der Waals surface area contributed by atoms with Crippen molar-refractivity contribution in [3.8, 4) is 0 Å². The number of thioether (sulfide) groups is 1. The lowest BCUT2D eigenvalue weighted by Gasteiger charge is -2.29. The zero-order chi connectivity index (χ0) is 16.2. The molecule has 1 amide bonds. The predicted octanol–water partition coefficient (Wildman–Crippen LogP) is 4.04. The van der Waals surface area contributed by atoms with Crippen LogP contribution in [0.15, 0.2) is 23.4 Å². The third kappa shape index (κ3) is 4.90. The first-order valence-corrected chi connectivity index (χ1v) is 8.31. The van der Waals surface area contributed by atoms with Gasteiger partial charge in [-0.3, -0.25) is 4.79 Å². The lowest BCUT2D eigenvalue weighted by molar-refractivity contribution is -0.105. The number of hydrogen-bond donors (Lipinski definition) is 1. The van der Waals surface area contributed by atoms with Crippen molar-refractivity contribution in [2.75, 3.05) is 5.75 Å². The van der Waals surface area contributed by atoms with Crippen molar-refractivity contribution in [2.24, 2.45) is 5.92 Å². The molecule has 0 bridgehead atoms. The number of halogens is 3. The summed E-state index contributed by atoms with van der Waals surface area (Å²) in [5, 5.41) is 3.07. The van der Waals surface area contributed by atoms with E-state index in [0.29, 0.717) is 17.7 Å². The number of carbonyl (C=O) groups excluding carboxylic acids is 1. The van der Waals surface area contributed by atoms with E-state index in [2.05, 4.69) is 17.2 Å². The Bertz CT molecular complexity index is 522. The van der Waals surface area contributed by atoms with E-state index in [1.54, 1.807) is 6.07 Å². The molecule has 0 radical (unpaired) electrons. The lowest BCUT2D eigenvalue weighted by atomic mass is 9.86. The van der Waals surface area contributed by atoms with Crippen LogP contribution in [-0.4, -0.2) is 28.9 Å². The van der Waals surface area contributed by atoms with Gasteiger partial charge in [0.2, 0.25) is 0 Å². The fraction of sp³-hybridized carbons (Fsp3) is 0.600. The molecule has 7 heteroatoms. The monoisotopic (exact) mass is 332 g/mol. The maximum Gasteiger partial charge on any atom is 0.398 e. The van der Waals surface area contributed by atoms with Gasteiger partial charge in [0.1, 0.15) is 5.03 Å². The highest BCUT2D eigenvalue weighted by Gasteiger charge is 2.29. The van der Waals surface area contributed by atoms with Gasteiger partial charge in [-0.05, 0) is 30.9 Å². The van der Waals surface area contributed by atoms with Crippen molar-refractivity contribution in [3.63, 3.8) is 0 Å². The van der Waals surface area contributed by atoms with E-state index in [1.807, 2.05) is 0 Å². The largest absolute Gasteiger partial charge is 0.398 e. The molecule has 2 atom stereocenters. The minimum atomic E-state index is -4.28. The van der Waals surface area contributed by atoms with Crippen LogP contribution in [0.4, 0.5) is 13.2 Å². The standard InChI is InChI=1S/C15H19F3N2OS/c1-10-5-2-3-7-12(10)20-13(21)11-6-4-8-19-14(11)22-9-15(16,17)18/h4,6,8,10,12H,2-3,5,7,9H2,1H3,(H,20,21)/t10-,12-/m0/s1. The lowest BCUT2D eigenvalue weighted by Crippen LogP contribution is -2.41. The number of pyridine rings is 1. The summed E-state index contributed by atoms with van der Waals surface area (Å²) in [7, 11) is 0. The maximum atomic E-state index is 12.4. The number of carbonyl (C=O) groups is 1. The Morgan fingerprint density at radius 3 is 2.82 bits per heavy atom. The van der Waals surface area contributed by atoms with Crippen LogP contribution in [-0.2, 0) is 0 Å². The zero-order valence-corrected chi connectivity index (χ0v) is 13.1. The molecule has 1 aromatic heterocycles. The Morgan fingerprint density at radius 2 is 2.14 bits per heavy atom. The van der Waals surface area contributed by atoms with E-state index in [9.17, 15) is 18.0 Å². The SMILES string of the molecule is C[C@H]1CCCC[C@@H]1NC(=O)c1cccnc1SCC(F)(F)F. The highest BCUT2D eigenvalue weighted by atomic mass is 32.2. The molecule has 1 saturated carbocycles. The van der Waals surface area contributed by atoms with Crippen LogP contribution < -0.4 is 5.32 Å². The predicted molar refractivity (Wildman–Crippen MR) is 79.9 cm³/mol. The van der Waals surface area contributed by atoms with Crippen LogP contribution in [0.1, 0.15) is 43.0 Å². The summed E-state index contributed by atoms with van der Waals surface area (Å²) in [5.41, 5.74) is 0.217. The van der Waals surface area contributed by atoms with Crippen LogP contribution in [0.3, 0.4) is 0 Å². The Morgan fingerprint density at radius 1 is 1.41 bits per heavy atom. The number of amides is 1. The number of nitrogens with zero attached hydrogens (tertiary/aromatic N) is 1. The van der Waals surface area contributed by atoms with Crippen molar-refractivity contribution in [3.05, 3.63) is 23.9 Å². The van der Waals surface area contributed by atoms with Gasteiger partial charge >= 0.3 is 6.18 Å². The summed E-state index contributed by atoms with van der Waals surface area (Å²) in [6, 6.07) is 3.17. The van der Waals surface area contributed by atoms with Crippen LogP contribution in [0.25, 0.3) is 0 Å². The second-order valence-electron chi connectivity index (χ2n) is 5.60. The van der Waals surface area contributed by atoms with Gasteiger partial charge in [0, 0.05) is 12.2 Å².